The summed E-state index contributed by atoms with van der Waals surface area (Å²) >= 11 is 0. The highest BCUT2D eigenvalue weighted by Crippen LogP contribution is 2.28. The third-order valence-electron chi connectivity index (χ3n) is 4.02. The first-order chi connectivity index (χ1) is 9.04. The van der Waals surface area contributed by atoms with Crippen molar-refractivity contribution in [1.82, 2.24) is 4.90 Å². The minimum Gasteiger partial charge on any atom is -0.384 e. The molecule has 0 radical (unpaired) electrons. The minimum absolute atomic E-state index is 0.405. The van der Waals surface area contributed by atoms with E-state index in [0.29, 0.717) is 13.0 Å². The van der Waals surface area contributed by atoms with Crippen LogP contribution in [0.3, 0.4) is 0 Å². The van der Waals surface area contributed by atoms with Crippen LogP contribution < -0.4 is 10.5 Å². The highest BCUT2D eigenvalue weighted by atomic mass is 32.2. The van der Waals surface area contributed by atoms with Crippen LogP contribution in [0.4, 0.5) is 5.69 Å². The van der Waals surface area contributed by atoms with Gasteiger partial charge < -0.3 is 5.32 Å². The van der Waals surface area contributed by atoms with Gasteiger partial charge in [0.15, 0.2) is 0 Å². The van der Waals surface area contributed by atoms with E-state index in [1.807, 2.05) is 0 Å². The maximum atomic E-state index is 11.4. The molecule has 1 fully saturated rings. The summed E-state index contributed by atoms with van der Waals surface area (Å²) in [5.41, 5.74) is 3.85. The predicted octanol–water partition coefficient (Wildman–Crippen LogP) is 0.517. The van der Waals surface area contributed by atoms with Crippen LogP contribution in [-0.2, 0) is 23.0 Å². The monoisotopic (exact) mass is 281 g/mol. The number of sulfonamides is 1. The summed E-state index contributed by atoms with van der Waals surface area (Å²) in [5, 5.41) is 8.23. The number of para-hydroxylation sites is 1. The van der Waals surface area contributed by atoms with Gasteiger partial charge in [-0.1, -0.05) is 18.2 Å². The van der Waals surface area contributed by atoms with Gasteiger partial charge in [-0.15, -0.1) is 0 Å². The zero-order valence-corrected chi connectivity index (χ0v) is 11.6. The molecule has 1 unspecified atom stereocenters. The van der Waals surface area contributed by atoms with Gasteiger partial charge in [-0.3, -0.25) is 4.90 Å². The number of benzene rings is 1. The average molecular weight is 281 g/mol. The normalized spacial score (nSPS) is 23.3. The van der Waals surface area contributed by atoms with E-state index in [-0.39, 0.29) is 0 Å². The van der Waals surface area contributed by atoms with Crippen molar-refractivity contribution in [3.8, 4) is 0 Å². The van der Waals surface area contributed by atoms with Crippen LogP contribution in [0.25, 0.3) is 0 Å². The zero-order chi connectivity index (χ0) is 13.5. The smallest absolute Gasteiger partial charge is 0.213 e. The van der Waals surface area contributed by atoms with Crippen molar-refractivity contribution in [2.45, 2.75) is 24.6 Å². The standard InChI is InChI=1S/C13H19N3O2S/c14-19(17,18)12-5-7-16(9-12)8-11-3-1-2-10-4-6-15-13(10)11/h1-3,12,15H,4-9H2,(H2,14,17,18). The second-order valence-electron chi connectivity index (χ2n) is 5.36. The first kappa shape index (κ1) is 12.9. The van der Waals surface area contributed by atoms with Gasteiger partial charge in [0.05, 0.1) is 5.25 Å². The highest BCUT2D eigenvalue weighted by Gasteiger charge is 2.31. The highest BCUT2D eigenvalue weighted by molar-refractivity contribution is 7.89. The molecule has 2 aliphatic heterocycles. The van der Waals surface area contributed by atoms with Crippen LogP contribution in [0.1, 0.15) is 17.5 Å². The third-order valence-corrected chi connectivity index (χ3v) is 5.33. The summed E-state index contributed by atoms with van der Waals surface area (Å²) in [6, 6.07) is 6.34. The van der Waals surface area contributed by atoms with E-state index < -0.39 is 15.3 Å². The molecule has 0 bridgehead atoms. The number of hydrogen-bond donors (Lipinski definition) is 2. The first-order valence-corrected chi connectivity index (χ1v) is 8.23. The van der Waals surface area contributed by atoms with Crippen molar-refractivity contribution in [2.75, 3.05) is 25.0 Å². The van der Waals surface area contributed by atoms with Crippen LogP contribution in [0, 0.1) is 0 Å². The molecule has 3 rings (SSSR count). The molecule has 2 heterocycles. The fraction of sp³-hybridized carbons (Fsp3) is 0.538. The zero-order valence-electron chi connectivity index (χ0n) is 10.8. The fourth-order valence-corrected chi connectivity index (χ4v) is 3.84. The Morgan fingerprint density at radius 3 is 3.00 bits per heavy atom. The molecule has 1 atom stereocenters. The fourth-order valence-electron chi connectivity index (χ4n) is 2.99. The number of nitrogens with zero attached hydrogens (tertiary/aromatic N) is 1. The Morgan fingerprint density at radius 1 is 1.42 bits per heavy atom. The van der Waals surface area contributed by atoms with Gasteiger partial charge in [-0.05, 0) is 30.5 Å². The molecule has 0 aliphatic carbocycles. The lowest BCUT2D eigenvalue weighted by atomic mass is 10.1. The number of nitrogens with one attached hydrogen (secondary N) is 1. The number of anilines is 1. The van der Waals surface area contributed by atoms with Gasteiger partial charge in [0.1, 0.15) is 0 Å². The second kappa shape index (κ2) is 4.77. The lowest BCUT2D eigenvalue weighted by molar-refractivity contribution is 0.332. The summed E-state index contributed by atoms with van der Waals surface area (Å²) in [4.78, 5) is 2.17. The van der Waals surface area contributed by atoms with Crippen molar-refractivity contribution in [3.63, 3.8) is 0 Å². The molecule has 104 valence electrons. The molecule has 1 saturated heterocycles. The molecule has 0 aromatic heterocycles. The lowest BCUT2D eigenvalue weighted by Crippen LogP contribution is -2.31. The molecule has 0 spiro atoms. The Bertz CT molecular complexity index is 586. The molecule has 0 amide bonds. The van der Waals surface area contributed by atoms with Crippen LogP contribution in [0.15, 0.2) is 18.2 Å². The van der Waals surface area contributed by atoms with Crippen molar-refractivity contribution in [1.29, 1.82) is 0 Å². The molecule has 1 aromatic rings. The third kappa shape index (κ3) is 2.61. The van der Waals surface area contributed by atoms with Crippen LogP contribution in [-0.4, -0.2) is 38.2 Å². The SMILES string of the molecule is NS(=O)(=O)C1CCN(Cc2cccc3c2NCC3)C1. The van der Waals surface area contributed by atoms with E-state index in [2.05, 4.69) is 28.4 Å². The summed E-state index contributed by atoms with van der Waals surface area (Å²) < 4.78 is 22.7. The Balaban J connectivity index is 1.72. The van der Waals surface area contributed by atoms with E-state index in [1.54, 1.807) is 0 Å². The van der Waals surface area contributed by atoms with Crippen molar-refractivity contribution >= 4 is 15.7 Å². The average Bonchev–Trinajstić information content (AvgIpc) is 2.96. The van der Waals surface area contributed by atoms with Gasteiger partial charge in [-0.2, -0.15) is 0 Å². The van der Waals surface area contributed by atoms with Gasteiger partial charge in [-0.25, -0.2) is 13.6 Å². The summed E-state index contributed by atoms with van der Waals surface area (Å²) in [6.07, 6.45) is 1.71. The summed E-state index contributed by atoms with van der Waals surface area (Å²) in [6.45, 7) is 3.13. The Morgan fingerprint density at radius 2 is 2.26 bits per heavy atom. The van der Waals surface area contributed by atoms with Crippen molar-refractivity contribution < 1.29 is 8.42 Å². The van der Waals surface area contributed by atoms with E-state index in [0.717, 1.165) is 26.1 Å². The lowest BCUT2D eigenvalue weighted by Gasteiger charge is -2.18. The molecule has 5 nitrogen and oxygen atoms in total. The Labute approximate surface area is 113 Å². The van der Waals surface area contributed by atoms with Crippen LogP contribution in [0.5, 0.6) is 0 Å². The summed E-state index contributed by atoms with van der Waals surface area (Å²) in [7, 11) is -3.40. The summed E-state index contributed by atoms with van der Waals surface area (Å²) in [5.74, 6) is 0. The van der Waals surface area contributed by atoms with Gasteiger partial charge in [0.2, 0.25) is 10.0 Å². The van der Waals surface area contributed by atoms with E-state index >= 15 is 0 Å². The minimum atomic E-state index is -3.40. The quantitative estimate of drug-likeness (QED) is 0.847. The molecule has 2 aliphatic rings. The molecule has 1 aromatic carbocycles. The van der Waals surface area contributed by atoms with Crippen LogP contribution >= 0.6 is 0 Å². The number of hydrogen-bond acceptors (Lipinski definition) is 4. The van der Waals surface area contributed by atoms with Crippen molar-refractivity contribution in [3.05, 3.63) is 29.3 Å². The molecule has 19 heavy (non-hydrogen) atoms. The Hall–Kier alpha value is -1.11. The Kier molecular flexibility index (Phi) is 3.24. The maximum Gasteiger partial charge on any atom is 0.213 e. The number of likely N-dealkylation sites (tertiary alicyclic amines) is 1. The molecular weight excluding hydrogens is 262 g/mol. The first-order valence-electron chi connectivity index (χ1n) is 6.62. The van der Waals surface area contributed by atoms with Crippen LogP contribution in [0.2, 0.25) is 0 Å². The maximum absolute atomic E-state index is 11.4. The number of fused-ring (bicyclic) bond motifs is 1. The van der Waals surface area contributed by atoms with Gasteiger partial charge >= 0.3 is 0 Å². The largest absolute Gasteiger partial charge is 0.384 e. The number of primary sulfonamides is 1. The molecular formula is C13H19N3O2S. The van der Waals surface area contributed by atoms with E-state index in [9.17, 15) is 8.42 Å². The van der Waals surface area contributed by atoms with Gasteiger partial charge in [0.25, 0.3) is 0 Å². The number of rotatable bonds is 3. The van der Waals surface area contributed by atoms with E-state index in [4.69, 9.17) is 5.14 Å². The molecule has 0 saturated carbocycles. The van der Waals surface area contributed by atoms with Gasteiger partial charge in [0, 0.05) is 25.3 Å². The topological polar surface area (TPSA) is 75.4 Å². The molecule has 6 heteroatoms. The number of nitrogens with two attached hydrogens (primary N) is 1. The predicted molar refractivity (Wildman–Crippen MR) is 75.4 cm³/mol. The van der Waals surface area contributed by atoms with Crippen molar-refractivity contribution in [2.24, 2.45) is 5.14 Å². The molecule has 3 N–H and O–H groups in total. The second-order valence-corrected chi connectivity index (χ2v) is 7.21. The van der Waals surface area contributed by atoms with E-state index in [1.165, 1.54) is 16.8 Å².